The SMILES string of the molecule is CC(C)(C)COP(=O)(OC(C)(C)C)OC(C)(C)C.CC(C)(C)COP(C)(=O)O.CC(C)OC(=O)OCC(C)(C)C. The van der Waals surface area contributed by atoms with Crippen LogP contribution in [0.3, 0.4) is 0 Å². The highest BCUT2D eigenvalue weighted by Gasteiger charge is 2.38. The van der Waals surface area contributed by atoms with Crippen LogP contribution in [-0.2, 0) is 36.7 Å². The number of hydrogen-bond donors (Lipinski definition) is 1. The van der Waals surface area contributed by atoms with Crippen LogP contribution in [0.5, 0.6) is 0 Å². The summed E-state index contributed by atoms with van der Waals surface area (Å²) >= 11 is 0. The molecule has 0 rings (SSSR count). The fourth-order valence-corrected chi connectivity index (χ4v) is 4.49. The van der Waals surface area contributed by atoms with Crippen molar-refractivity contribution < 1.29 is 46.4 Å². The van der Waals surface area contributed by atoms with Gasteiger partial charge in [0.25, 0.3) is 0 Å². The molecule has 0 aliphatic carbocycles. The first kappa shape index (κ1) is 44.0. The van der Waals surface area contributed by atoms with E-state index in [1.54, 1.807) is 13.8 Å². The molecule has 244 valence electrons. The van der Waals surface area contributed by atoms with E-state index >= 15 is 0 Å². The average Bonchev–Trinajstić information content (AvgIpc) is 2.59. The van der Waals surface area contributed by atoms with Crippen LogP contribution in [0.25, 0.3) is 0 Å². The zero-order valence-corrected chi connectivity index (χ0v) is 30.5. The first-order valence-electron chi connectivity index (χ1n) is 13.6. The molecular weight excluding hydrogens is 558 g/mol. The van der Waals surface area contributed by atoms with Crippen LogP contribution in [0.4, 0.5) is 4.79 Å². The predicted molar refractivity (Wildman–Crippen MR) is 163 cm³/mol. The molecule has 0 fully saturated rings. The first-order valence-corrected chi connectivity index (χ1v) is 17.1. The van der Waals surface area contributed by atoms with Gasteiger partial charge in [0, 0.05) is 6.66 Å². The van der Waals surface area contributed by atoms with Crippen molar-refractivity contribution in [3.8, 4) is 0 Å². The number of hydrogen-bond acceptors (Lipinski definition) is 9. The number of ether oxygens (including phenoxy) is 2. The minimum atomic E-state index is -3.56. The zero-order chi connectivity index (χ0) is 33.0. The molecule has 1 atom stereocenters. The smallest absolute Gasteiger partial charge is 0.434 e. The minimum Gasteiger partial charge on any atom is -0.434 e. The van der Waals surface area contributed by atoms with Crippen LogP contribution in [0.15, 0.2) is 0 Å². The van der Waals surface area contributed by atoms with E-state index in [1.165, 1.54) is 6.66 Å². The number of carbonyl (C=O) groups is 1. The summed E-state index contributed by atoms with van der Waals surface area (Å²) in [6.07, 6.45) is -0.697. The Morgan fingerprint density at radius 2 is 0.975 bits per heavy atom. The van der Waals surface area contributed by atoms with E-state index in [2.05, 4.69) is 0 Å². The third-order valence-electron chi connectivity index (χ3n) is 3.12. The summed E-state index contributed by atoms with van der Waals surface area (Å²) in [6.45, 7) is 34.6. The Morgan fingerprint density at radius 3 is 1.20 bits per heavy atom. The fourth-order valence-electron chi connectivity index (χ4n) is 1.83. The molecule has 0 spiro atoms. The second kappa shape index (κ2) is 17.0. The Labute approximate surface area is 245 Å². The van der Waals surface area contributed by atoms with Gasteiger partial charge in [-0.3, -0.25) is 18.1 Å². The third-order valence-corrected chi connectivity index (χ3v) is 5.72. The molecular formula is C28H62O10P2. The predicted octanol–water partition coefficient (Wildman–Crippen LogP) is 9.25. The fraction of sp³-hybridized carbons (Fsp3) is 0.964. The molecule has 0 aromatic carbocycles. The van der Waals surface area contributed by atoms with Crippen molar-refractivity contribution in [3.05, 3.63) is 0 Å². The van der Waals surface area contributed by atoms with Crippen LogP contribution in [0.1, 0.15) is 118 Å². The number of carbonyl (C=O) groups excluding carboxylic acids is 1. The lowest BCUT2D eigenvalue weighted by molar-refractivity contribution is -0.00567. The topological polar surface area (TPSA) is 127 Å². The van der Waals surface area contributed by atoms with Crippen LogP contribution < -0.4 is 0 Å². The summed E-state index contributed by atoms with van der Waals surface area (Å²) in [6, 6.07) is 0. The third kappa shape index (κ3) is 39.7. The molecule has 0 saturated carbocycles. The molecule has 0 aromatic heterocycles. The molecule has 1 unspecified atom stereocenters. The van der Waals surface area contributed by atoms with Gasteiger partial charge in [-0.25, -0.2) is 9.36 Å². The first-order chi connectivity index (χ1) is 17.1. The van der Waals surface area contributed by atoms with E-state index in [-0.39, 0.29) is 22.3 Å². The maximum absolute atomic E-state index is 12.6. The molecule has 0 radical (unpaired) electrons. The standard InChI is InChI=1S/C13H29O4P.C9H18O3.C6H15O3P/c1-11(2,3)10-15-18(14,16-12(4,5)6)17-13(7,8)9;1-7(2)12-8(10)11-6-9(3,4)5;1-6(2,3)5-9-10(4,7)8/h10H2,1-9H3;7H,6H2,1-5H3;5H2,1-4H3,(H,7,8). The van der Waals surface area contributed by atoms with Crippen LogP contribution >= 0.6 is 15.4 Å². The molecule has 0 amide bonds. The average molecular weight is 621 g/mol. The summed E-state index contributed by atoms with van der Waals surface area (Å²) in [5.41, 5.74) is -1.32. The van der Waals surface area contributed by atoms with Gasteiger partial charge in [-0.1, -0.05) is 62.3 Å². The molecule has 0 heterocycles. The number of phosphoric ester groups is 1. The molecule has 0 bridgehead atoms. The van der Waals surface area contributed by atoms with Crippen molar-refractivity contribution in [2.75, 3.05) is 26.5 Å². The van der Waals surface area contributed by atoms with Gasteiger partial charge in [-0.15, -0.1) is 0 Å². The van der Waals surface area contributed by atoms with Crippen molar-refractivity contribution in [1.29, 1.82) is 0 Å². The monoisotopic (exact) mass is 620 g/mol. The van der Waals surface area contributed by atoms with E-state index in [9.17, 15) is 13.9 Å². The quantitative estimate of drug-likeness (QED) is 0.207. The second-order valence-corrected chi connectivity index (χ2v) is 19.0. The Balaban J connectivity index is -0.000000542. The van der Waals surface area contributed by atoms with E-state index < -0.39 is 32.8 Å². The van der Waals surface area contributed by atoms with Gasteiger partial charge in [-0.05, 0) is 71.6 Å². The van der Waals surface area contributed by atoms with Crippen molar-refractivity contribution in [2.45, 2.75) is 135 Å². The summed E-state index contributed by atoms with van der Waals surface area (Å²) in [4.78, 5) is 19.6. The van der Waals surface area contributed by atoms with Gasteiger partial charge in [0.15, 0.2) is 0 Å². The molecule has 0 aliphatic heterocycles. The van der Waals surface area contributed by atoms with Crippen LogP contribution in [0, 0.1) is 16.2 Å². The van der Waals surface area contributed by atoms with Gasteiger partial charge in [0.2, 0.25) is 0 Å². The molecule has 0 saturated heterocycles. The second-order valence-electron chi connectivity index (χ2n) is 15.6. The van der Waals surface area contributed by atoms with Crippen molar-refractivity contribution in [1.82, 2.24) is 0 Å². The van der Waals surface area contributed by atoms with Crippen molar-refractivity contribution in [3.63, 3.8) is 0 Å². The van der Waals surface area contributed by atoms with Gasteiger partial charge in [0.1, 0.15) is 0 Å². The summed E-state index contributed by atoms with van der Waals surface area (Å²) < 4.78 is 54.0. The summed E-state index contributed by atoms with van der Waals surface area (Å²) in [7, 11) is -6.82. The zero-order valence-electron chi connectivity index (χ0n) is 28.7. The Bertz CT molecular complexity index is 779. The molecule has 12 heteroatoms. The largest absolute Gasteiger partial charge is 0.508 e. The van der Waals surface area contributed by atoms with Crippen LogP contribution in [0.2, 0.25) is 0 Å². The maximum atomic E-state index is 12.6. The maximum Gasteiger partial charge on any atom is 0.508 e. The number of rotatable bonds is 8. The molecule has 0 aromatic rings. The summed E-state index contributed by atoms with van der Waals surface area (Å²) in [5.74, 6) is 0. The van der Waals surface area contributed by atoms with Gasteiger partial charge < -0.3 is 18.9 Å². The minimum absolute atomic E-state index is 0.00397. The van der Waals surface area contributed by atoms with Gasteiger partial charge >= 0.3 is 21.6 Å². The number of phosphoric acid groups is 1. The molecule has 1 N–H and O–H groups in total. The lowest BCUT2D eigenvalue weighted by Gasteiger charge is -2.32. The van der Waals surface area contributed by atoms with Crippen molar-refractivity contribution >= 4 is 21.6 Å². The Morgan fingerprint density at radius 1 is 0.650 bits per heavy atom. The van der Waals surface area contributed by atoms with Crippen LogP contribution in [-0.4, -0.2) is 54.8 Å². The Hall–Kier alpha value is -0.470. The van der Waals surface area contributed by atoms with E-state index in [0.29, 0.717) is 19.8 Å². The van der Waals surface area contributed by atoms with Crippen molar-refractivity contribution in [2.24, 2.45) is 16.2 Å². The Kier molecular flexibility index (Phi) is 18.7. The van der Waals surface area contributed by atoms with Gasteiger partial charge in [0.05, 0.1) is 37.1 Å². The lowest BCUT2D eigenvalue weighted by atomic mass is 9.99. The molecule has 0 aliphatic rings. The highest BCUT2D eigenvalue weighted by molar-refractivity contribution is 7.51. The summed E-state index contributed by atoms with van der Waals surface area (Å²) in [5, 5.41) is 0. The van der Waals surface area contributed by atoms with E-state index in [1.807, 2.05) is 104 Å². The molecule has 10 nitrogen and oxygen atoms in total. The van der Waals surface area contributed by atoms with E-state index in [0.717, 1.165) is 0 Å². The highest BCUT2D eigenvalue weighted by atomic mass is 31.2. The normalized spacial score (nSPS) is 14.8. The highest BCUT2D eigenvalue weighted by Crippen LogP contribution is 2.56. The van der Waals surface area contributed by atoms with Gasteiger partial charge in [-0.2, -0.15) is 0 Å². The lowest BCUT2D eigenvalue weighted by Crippen LogP contribution is -2.26. The molecule has 40 heavy (non-hydrogen) atoms. The van der Waals surface area contributed by atoms with E-state index in [4.69, 9.17) is 32.5 Å².